The molecule has 0 aliphatic carbocycles. The summed E-state index contributed by atoms with van der Waals surface area (Å²) in [5.41, 5.74) is -1.13. The van der Waals surface area contributed by atoms with E-state index >= 15 is 0 Å². The fourth-order valence-electron chi connectivity index (χ4n) is 1.25. The predicted molar refractivity (Wildman–Crippen MR) is 61.7 cm³/mol. The van der Waals surface area contributed by atoms with Crippen molar-refractivity contribution in [1.29, 1.82) is 0 Å². The number of carbonyl (C=O) groups is 4. The standard InChI is InChI=1S/C12H16O6/c1-5-17-11(15)9(7(3)13)10(8(4)14)12(16)18-6-2/h5-6H2,1-4H3/b10-9+. The molecule has 0 aromatic heterocycles. The highest BCUT2D eigenvalue weighted by Crippen LogP contribution is 2.12. The van der Waals surface area contributed by atoms with Gasteiger partial charge in [-0.15, -0.1) is 0 Å². The first kappa shape index (κ1) is 16.0. The van der Waals surface area contributed by atoms with Crippen LogP contribution in [0.3, 0.4) is 0 Å². The number of esters is 2. The zero-order valence-electron chi connectivity index (χ0n) is 10.9. The van der Waals surface area contributed by atoms with Crippen molar-refractivity contribution in [2.45, 2.75) is 27.7 Å². The van der Waals surface area contributed by atoms with Crippen molar-refractivity contribution in [2.24, 2.45) is 0 Å². The zero-order valence-corrected chi connectivity index (χ0v) is 10.9. The molecule has 0 saturated heterocycles. The van der Waals surface area contributed by atoms with Crippen molar-refractivity contribution >= 4 is 23.5 Å². The van der Waals surface area contributed by atoms with Gasteiger partial charge in [0.05, 0.1) is 13.2 Å². The SMILES string of the molecule is CCOC(=O)/C(C(C)=O)=C(\C(C)=O)C(=O)OCC. The minimum absolute atomic E-state index is 0.0314. The fraction of sp³-hybridized carbons (Fsp3) is 0.500. The van der Waals surface area contributed by atoms with E-state index < -0.39 is 34.7 Å². The average Bonchev–Trinajstić information content (AvgIpc) is 2.24. The number of Topliss-reactive ketones (excluding diaryl/α,β-unsaturated/α-hetero) is 2. The Kier molecular flexibility index (Phi) is 6.56. The summed E-state index contributed by atoms with van der Waals surface area (Å²) in [6, 6.07) is 0. The Hall–Kier alpha value is -1.98. The Morgan fingerprint density at radius 2 is 1.00 bits per heavy atom. The minimum Gasteiger partial charge on any atom is -0.462 e. The van der Waals surface area contributed by atoms with Crippen molar-refractivity contribution in [3.63, 3.8) is 0 Å². The molecule has 100 valence electrons. The molecule has 0 amide bonds. The number of ether oxygens (including phenoxy) is 2. The van der Waals surface area contributed by atoms with Gasteiger partial charge in [0.1, 0.15) is 11.1 Å². The quantitative estimate of drug-likeness (QED) is 0.299. The molecule has 6 nitrogen and oxygen atoms in total. The molecule has 0 rings (SSSR count). The van der Waals surface area contributed by atoms with Gasteiger partial charge in [-0.25, -0.2) is 9.59 Å². The first-order chi connectivity index (χ1) is 8.36. The summed E-state index contributed by atoms with van der Waals surface area (Å²) >= 11 is 0. The van der Waals surface area contributed by atoms with Crippen LogP contribution >= 0.6 is 0 Å². The van der Waals surface area contributed by atoms with Gasteiger partial charge in [-0.3, -0.25) is 9.59 Å². The lowest BCUT2D eigenvalue weighted by molar-refractivity contribution is -0.144. The molecule has 0 aromatic carbocycles. The fourth-order valence-corrected chi connectivity index (χ4v) is 1.25. The van der Waals surface area contributed by atoms with Gasteiger partial charge in [0, 0.05) is 0 Å². The van der Waals surface area contributed by atoms with Crippen molar-refractivity contribution in [3.05, 3.63) is 11.1 Å². The largest absolute Gasteiger partial charge is 0.462 e. The Morgan fingerprint density at radius 1 is 0.722 bits per heavy atom. The number of rotatable bonds is 6. The van der Waals surface area contributed by atoms with Crippen LogP contribution in [0.5, 0.6) is 0 Å². The summed E-state index contributed by atoms with van der Waals surface area (Å²) in [6.07, 6.45) is 0. The van der Waals surface area contributed by atoms with Gasteiger partial charge < -0.3 is 9.47 Å². The van der Waals surface area contributed by atoms with E-state index in [0.717, 1.165) is 13.8 Å². The van der Waals surface area contributed by atoms with Crippen LogP contribution in [0.15, 0.2) is 11.1 Å². The van der Waals surface area contributed by atoms with Gasteiger partial charge >= 0.3 is 11.9 Å². The molecule has 0 bridgehead atoms. The molecule has 0 saturated carbocycles. The molecule has 0 radical (unpaired) electrons. The second-order valence-corrected chi connectivity index (χ2v) is 3.30. The van der Waals surface area contributed by atoms with Crippen LogP contribution < -0.4 is 0 Å². The van der Waals surface area contributed by atoms with Gasteiger partial charge in [0.15, 0.2) is 11.6 Å². The molecule has 0 atom stereocenters. The highest BCUT2D eigenvalue weighted by atomic mass is 16.5. The normalized spacial score (nSPS) is 11.3. The van der Waals surface area contributed by atoms with E-state index in [4.69, 9.17) is 0 Å². The lowest BCUT2D eigenvalue weighted by Crippen LogP contribution is -2.24. The number of hydrogen-bond donors (Lipinski definition) is 0. The van der Waals surface area contributed by atoms with Gasteiger partial charge in [0.2, 0.25) is 0 Å². The van der Waals surface area contributed by atoms with E-state index in [0.29, 0.717) is 0 Å². The highest BCUT2D eigenvalue weighted by Gasteiger charge is 2.29. The Bertz CT molecular complexity index is 367. The van der Waals surface area contributed by atoms with E-state index in [2.05, 4.69) is 9.47 Å². The number of ketones is 2. The summed E-state index contributed by atoms with van der Waals surface area (Å²) < 4.78 is 9.29. The lowest BCUT2D eigenvalue weighted by Gasteiger charge is -2.09. The highest BCUT2D eigenvalue weighted by molar-refractivity contribution is 6.29. The molecule has 0 aliphatic rings. The molecule has 0 fully saturated rings. The summed E-state index contributed by atoms with van der Waals surface area (Å²) in [6.45, 7) is 5.32. The molecule has 6 heteroatoms. The second kappa shape index (κ2) is 7.37. The van der Waals surface area contributed by atoms with Crippen LogP contribution in [0.25, 0.3) is 0 Å². The summed E-state index contributed by atoms with van der Waals surface area (Å²) in [4.78, 5) is 45.9. The van der Waals surface area contributed by atoms with E-state index in [-0.39, 0.29) is 13.2 Å². The van der Waals surface area contributed by atoms with E-state index in [1.807, 2.05) is 0 Å². The maximum Gasteiger partial charge on any atom is 0.342 e. The third-order valence-electron chi connectivity index (χ3n) is 1.91. The van der Waals surface area contributed by atoms with Gasteiger partial charge in [-0.1, -0.05) is 0 Å². The average molecular weight is 256 g/mol. The molecule has 0 N–H and O–H groups in total. The predicted octanol–water partition coefficient (Wildman–Crippen LogP) is 0.587. The molecule has 0 unspecified atom stereocenters. The lowest BCUT2D eigenvalue weighted by atomic mass is 10.0. The van der Waals surface area contributed by atoms with Crippen molar-refractivity contribution in [3.8, 4) is 0 Å². The molecular weight excluding hydrogens is 240 g/mol. The smallest absolute Gasteiger partial charge is 0.342 e. The Balaban J connectivity index is 5.73. The first-order valence-electron chi connectivity index (χ1n) is 5.47. The van der Waals surface area contributed by atoms with Crippen LogP contribution in [-0.2, 0) is 28.7 Å². The van der Waals surface area contributed by atoms with E-state index in [1.165, 1.54) is 0 Å². The van der Waals surface area contributed by atoms with Crippen molar-refractivity contribution < 1.29 is 28.7 Å². The van der Waals surface area contributed by atoms with Crippen molar-refractivity contribution in [1.82, 2.24) is 0 Å². The number of carbonyl (C=O) groups excluding carboxylic acids is 4. The zero-order chi connectivity index (χ0) is 14.3. The Morgan fingerprint density at radius 3 is 1.17 bits per heavy atom. The summed E-state index contributed by atoms with van der Waals surface area (Å²) in [5, 5.41) is 0. The molecule has 18 heavy (non-hydrogen) atoms. The monoisotopic (exact) mass is 256 g/mol. The van der Waals surface area contributed by atoms with Crippen LogP contribution in [-0.4, -0.2) is 36.7 Å². The van der Waals surface area contributed by atoms with Crippen LogP contribution in [0, 0.1) is 0 Å². The maximum absolute atomic E-state index is 11.6. The molecule has 0 aliphatic heterocycles. The van der Waals surface area contributed by atoms with E-state index in [9.17, 15) is 19.2 Å². The third-order valence-corrected chi connectivity index (χ3v) is 1.91. The minimum atomic E-state index is -0.997. The topological polar surface area (TPSA) is 86.7 Å². The van der Waals surface area contributed by atoms with Crippen LogP contribution in [0.4, 0.5) is 0 Å². The maximum atomic E-state index is 11.6. The third kappa shape index (κ3) is 4.12. The second-order valence-electron chi connectivity index (χ2n) is 3.30. The van der Waals surface area contributed by atoms with Crippen molar-refractivity contribution in [2.75, 3.05) is 13.2 Å². The summed E-state index contributed by atoms with van der Waals surface area (Å²) in [7, 11) is 0. The van der Waals surface area contributed by atoms with Gasteiger partial charge in [-0.05, 0) is 27.7 Å². The first-order valence-corrected chi connectivity index (χ1v) is 5.47. The van der Waals surface area contributed by atoms with Gasteiger partial charge in [-0.2, -0.15) is 0 Å². The number of hydrogen-bond acceptors (Lipinski definition) is 6. The van der Waals surface area contributed by atoms with Crippen LogP contribution in [0.2, 0.25) is 0 Å². The molecule has 0 aromatic rings. The van der Waals surface area contributed by atoms with E-state index in [1.54, 1.807) is 13.8 Å². The van der Waals surface area contributed by atoms with Crippen LogP contribution in [0.1, 0.15) is 27.7 Å². The molecule has 0 heterocycles. The molecular formula is C12H16O6. The molecule has 0 spiro atoms. The Labute approximate surface area is 105 Å². The summed E-state index contributed by atoms with van der Waals surface area (Å²) in [5.74, 6) is -3.43. The van der Waals surface area contributed by atoms with Gasteiger partial charge in [0.25, 0.3) is 0 Å².